The standard InChI is InChI=1S/C28H21NO4S/c1-3-7-24(29-33-27(30)4-2)19-10-14-22(15-11-19)34-23-16-12-20(13-17-23)28(31)26-18-21-8-5-6-9-25(21)32-26/h2,5-6,8-18H,3,7H2,1H3/b29-24+. The number of carbonyl (C=O) groups excluding carboxylic acids is 2. The Labute approximate surface area is 201 Å². The molecule has 0 saturated carbocycles. The molecule has 0 spiro atoms. The van der Waals surface area contributed by atoms with Crippen LogP contribution < -0.4 is 0 Å². The maximum absolute atomic E-state index is 12.8. The van der Waals surface area contributed by atoms with Gasteiger partial charge >= 0.3 is 5.97 Å². The van der Waals surface area contributed by atoms with Gasteiger partial charge in [0.2, 0.25) is 5.78 Å². The van der Waals surface area contributed by atoms with Gasteiger partial charge in [0.25, 0.3) is 0 Å². The fourth-order valence-corrected chi connectivity index (χ4v) is 4.18. The van der Waals surface area contributed by atoms with Crippen LogP contribution in [0.3, 0.4) is 0 Å². The summed E-state index contributed by atoms with van der Waals surface area (Å²) in [4.78, 5) is 30.8. The highest BCUT2D eigenvalue weighted by molar-refractivity contribution is 7.99. The molecule has 1 aromatic heterocycles. The molecule has 3 aromatic carbocycles. The SMILES string of the molecule is C#CC(=O)O/N=C(\CCC)c1ccc(Sc2ccc(C(=O)c3cc4ccccc4o3)cc2)cc1. The van der Waals surface area contributed by atoms with Crippen LogP contribution in [0, 0.1) is 12.3 Å². The Morgan fingerprint density at radius 2 is 1.62 bits per heavy atom. The zero-order chi connectivity index (χ0) is 23.9. The first-order chi connectivity index (χ1) is 16.6. The summed E-state index contributed by atoms with van der Waals surface area (Å²) >= 11 is 1.58. The summed E-state index contributed by atoms with van der Waals surface area (Å²) in [6, 6.07) is 24.6. The number of nitrogens with zero attached hydrogens (tertiary/aromatic N) is 1. The van der Waals surface area contributed by atoms with Crippen LogP contribution in [-0.4, -0.2) is 17.5 Å². The molecule has 5 nitrogen and oxygen atoms in total. The number of oxime groups is 1. The summed E-state index contributed by atoms with van der Waals surface area (Å²) in [5, 5.41) is 4.82. The Hall–Kier alpha value is -4.08. The molecular weight excluding hydrogens is 446 g/mol. The number of furan rings is 1. The van der Waals surface area contributed by atoms with Crippen LogP contribution in [0.1, 0.15) is 41.4 Å². The molecule has 4 rings (SSSR count). The minimum Gasteiger partial charge on any atom is -0.453 e. The first-order valence-corrected chi connectivity index (χ1v) is 11.5. The van der Waals surface area contributed by atoms with Crippen molar-refractivity contribution in [3.8, 4) is 12.3 Å². The summed E-state index contributed by atoms with van der Waals surface area (Å²) in [6.07, 6.45) is 6.52. The van der Waals surface area contributed by atoms with Crippen LogP contribution in [0.25, 0.3) is 11.0 Å². The van der Waals surface area contributed by atoms with Gasteiger partial charge in [-0.15, -0.1) is 6.42 Å². The monoisotopic (exact) mass is 467 g/mol. The maximum Gasteiger partial charge on any atom is 0.410 e. The molecule has 34 heavy (non-hydrogen) atoms. The van der Waals surface area contributed by atoms with Gasteiger partial charge in [-0.3, -0.25) is 4.79 Å². The van der Waals surface area contributed by atoms with Crippen molar-refractivity contribution in [1.29, 1.82) is 0 Å². The largest absolute Gasteiger partial charge is 0.453 e. The Kier molecular flexibility index (Phi) is 7.26. The third-order valence-electron chi connectivity index (χ3n) is 5.03. The van der Waals surface area contributed by atoms with E-state index in [4.69, 9.17) is 15.7 Å². The van der Waals surface area contributed by atoms with Crippen molar-refractivity contribution in [3.05, 3.63) is 95.7 Å². The number of ketones is 1. The molecule has 168 valence electrons. The molecule has 0 atom stereocenters. The topological polar surface area (TPSA) is 68.9 Å². The van der Waals surface area contributed by atoms with E-state index >= 15 is 0 Å². The molecule has 6 heteroatoms. The zero-order valence-electron chi connectivity index (χ0n) is 18.5. The first-order valence-electron chi connectivity index (χ1n) is 10.7. The molecule has 0 aliphatic carbocycles. The number of benzene rings is 3. The summed E-state index contributed by atoms with van der Waals surface area (Å²) in [5.74, 6) is 1.24. The number of carbonyl (C=O) groups is 2. The lowest BCUT2D eigenvalue weighted by atomic mass is 10.1. The Morgan fingerprint density at radius 3 is 2.24 bits per heavy atom. The van der Waals surface area contributed by atoms with E-state index in [1.54, 1.807) is 30.0 Å². The lowest BCUT2D eigenvalue weighted by Crippen LogP contribution is -2.04. The molecule has 0 saturated heterocycles. The second kappa shape index (κ2) is 10.7. The molecule has 0 aliphatic rings. The van der Waals surface area contributed by atoms with E-state index in [0.29, 0.717) is 29.0 Å². The number of terminal acetylenes is 1. The van der Waals surface area contributed by atoms with E-state index in [1.807, 2.05) is 73.5 Å². The van der Waals surface area contributed by atoms with Gasteiger partial charge in [0.1, 0.15) is 5.58 Å². The first kappa shape index (κ1) is 23.1. The summed E-state index contributed by atoms with van der Waals surface area (Å²) in [5.41, 5.74) is 2.79. The number of rotatable bonds is 8. The summed E-state index contributed by atoms with van der Waals surface area (Å²) in [7, 11) is 0. The molecular formula is C28H21NO4S. The average Bonchev–Trinajstić information content (AvgIpc) is 3.31. The van der Waals surface area contributed by atoms with E-state index in [-0.39, 0.29) is 5.78 Å². The molecule has 0 fully saturated rings. The average molecular weight is 468 g/mol. The molecule has 1 heterocycles. The van der Waals surface area contributed by atoms with Gasteiger partial charge in [0.05, 0.1) is 5.71 Å². The fourth-order valence-electron chi connectivity index (χ4n) is 3.36. The van der Waals surface area contributed by atoms with Crippen LogP contribution in [-0.2, 0) is 9.63 Å². The van der Waals surface area contributed by atoms with E-state index in [9.17, 15) is 9.59 Å². The quantitative estimate of drug-likeness (QED) is 0.0973. The van der Waals surface area contributed by atoms with Crippen LogP contribution >= 0.6 is 11.8 Å². The Balaban J connectivity index is 1.44. The highest BCUT2D eigenvalue weighted by atomic mass is 32.2. The molecule has 0 aliphatic heterocycles. The van der Waals surface area contributed by atoms with Gasteiger partial charge in [-0.05, 0) is 60.5 Å². The smallest absolute Gasteiger partial charge is 0.410 e. The van der Waals surface area contributed by atoms with Crippen LogP contribution in [0.4, 0.5) is 0 Å². The van der Waals surface area contributed by atoms with Gasteiger partial charge in [-0.25, -0.2) is 4.79 Å². The predicted octanol–water partition coefficient (Wildman–Crippen LogP) is 6.50. The Morgan fingerprint density at radius 1 is 0.971 bits per heavy atom. The number of hydrogen-bond acceptors (Lipinski definition) is 6. The molecule has 0 bridgehead atoms. The van der Waals surface area contributed by atoms with Crippen molar-refractivity contribution in [2.24, 2.45) is 5.16 Å². The van der Waals surface area contributed by atoms with Crippen molar-refractivity contribution in [3.63, 3.8) is 0 Å². The fraction of sp³-hybridized carbons (Fsp3) is 0.107. The van der Waals surface area contributed by atoms with Gasteiger partial charge in [0, 0.05) is 26.7 Å². The van der Waals surface area contributed by atoms with Crippen molar-refractivity contribution >= 4 is 40.2 Å². The Bertz CT molecular complexity index is 1360. The summed E-state index contributed by atoms with van der Waals surface area (Å²) < 4.78 is 5.69. The third-order valence-corrected chi connectivity index (χ3v) is 6.05. The minimum absolute atomic E-state index is 0.148. The minimum atomic E-state index is -0.817. The third kappa shape index (κ3) is 5.45. The highest BCUT2D eigenvalue weighted by Crippen LogP contribution is 2.29. The van der Waals surface area contributed by atoms with Crippen LogP contribution in [0.5, 0.6) is 0 Å². The van der Waals surface area contributed by atoms with Gasteiger partial charge in [0.15, 0.2) is 5.76 Å². The lowest BCUT2D eigenvalue weighted by Gasteiger charge is -2.07. The second-order valence-corrected chi connectivity index (χ2v) is 8.59. The van der Waals surface area contributed by atoms with Gasteiger partial charge < -0.3 is 9.25 Å². The molecule has 0 amide bonds. The molecule has 0 N–H and O–H groups in total. The number of fused-ring (bicyclic) bond motifs is 1. The van der Waals surface area contributed by atoms with Crippen LogP contribution in [0.2, 0.25) is 0 Å². The highest BCUT2D eigenvalue weighted by Gasteiger charge is 2.14. The second-order valence-electron chi connectivity index (χ2n) is 7.44. The van der Waals surface area contributed by atoms with E-state index in [0.717, 1.165) is 27.2 Å². The molecule has 0 radical (unpaired) electrons. The van der Waals surface area contributed by atoms with Crippen molar-refractivity contribution in [1.82, 2.24) is 0 Å². The van der Waals surface area contributed by atoms with E-state index < -0.39 is 5.97 Å². The number of para-hydroxylation sites is 1. The van der Waals surface area contributed by atoms with Gasteiger partial charge in [-0.2, -0.15) is 0 Å². The number of hydrogen-bond donors (Lipinski definition) is 0. The normalized spacial score (nSPS) is 11.2. The zero-order valence-corrected chi connectivity index (χ0v) is 19.3. The predicted molar refractivity (Wildman–Crippen MR) is 133 cm³/mol. The summed E-state index contributed by atoms with van der Waals surface area (Å²) in [6.45, 7) is 2.02. The van der Waals surface area contributed by atoms with Crippen molar-refractivity contribution < 1.29 is 18.8 Å². The molecule has 4 aromatic rings. The van der Waals surface area contributed by atoms with Crippen molar-refractivity contribution in [2.45, 2.75) is 29.6 Å². The van der Waals surface area contributed by atoms with Gasteiger partial charge in [-0.1, -0.05) is 60.6 Å². The van der Waals surface area contributed by atoms with Crippen LogP contribution in [0.15, 0.2) is 98.2 Å². The van der Waals surface area contributed by atoms with Crippen molar-refractivity contribution in [2.75, 3.05) is 0 Å². The maximum atomic E-state index is 12.8. The molecule has 0 unspecified atom stereocenters. The van der Waals surface area contributed by atoms with E-state index in [2.05, 4.69) is 5.16 Å². The lowest BCUT2D eigenvalue weighted by molar-refractivity contribution is -0.136. The van der Waals surface area contributed by atoms with E-state index in [1.165, 1.54) is 0 Å².